The standard InChI is InChI=1S/C19H21NO/c20-14-13-19(21)18-12-6-11-17(15-18)10-5-4-9-16-7-2-1-3-8-16/h1-3,6-8,11-12,15,19,21H,4,9,13-14,20H2. The summed E-state index contributed by atoms with van der Waals surface area (Å²) in [7, 11) is 0. The van der Waals surface area contributed by atoms with Crippen molar-refractivity contribution in [2.45, 2.75) is 25.4 Å². The van der Waals surface area contributed by atoms with Gasteiger partial charge in [-0.15, -0.1) is 0 Å². The summed E-state index contributed by atoms with van der Waals surface area (Å²) in [6.07, 6.45) is 1.87. The summed E-state index contributed by atoms with van der Waals surface area (Å²) in [6, 6.07) is 18.1. The van der Waals surface area contributed by atoms with Crippen LogP contribution in [0.2, 0.25) is 0 Å². The number of hydrogen-bond acceptors (Lipinski definition) is 2. The number of aliphatic hydroxyl groups is 1. The molecule has 2 heteroatoms. The molecule has 108 valence electrons. The van der Waals surface area contributed by atoms with Crippen LogP contribution in [0.4, 0.5) is 0 Å². The van der Waals surface area contributed by atoms with Gasteiger partial charge in [-0.25, -0.2) is 0 Å². The predicted octanol–water partition coefficient (Wildman–Crippen LogP) is 3.05. The van der Waals surface area contributed by atoms with Gasteiger partial charge in [-0.3, -0.25) is 0 Å². The maximum Gasteiger partial charge on any atom is 0.0802 e. The Morgan fingerprint density at radius 1 is 1.05 bits per heavy atom. The number of hydrogen-bond donors (Lipinski definition) is 2. The minimum Gasteiger partial charge on any atom is -0.388 e. The van der Waals surface area contributed by atoms with Crippen LogP contribution >= 0.6 is 0 Å². The Hall–Kier alpha value is -2.08. The molecule has 1 unspecified atom stereocenters. The number of benzene rings is 2. The molecular weight excluding hydrogens is 258 g/mol. The second kappa shape index (κ2) is 8.26. The van der Waals surface area contributed by atoms with Gasteiger partial charge in [0, 0.05) is 12.0 Å². The van der Waals surface area contributed by atoms with E-state index in [1.165, 1.54) is 5.56 Å². The van der Waals surface area contributed by atoms with Gasteiger partial charge >= 0.3 is 0 Å². The van der Waals surface area contributed by atoms with Crippen LogP contribution in [0.3, 0.4) is 0 Å². The molecule has 0 saturated heterocycles. The van der Waals surface area contributed by atoms with Crippen molar-refractivity contribution in [3.8, 4) is 11.8 Å². The first kappa shape index (κ1) is 15.3. The third-order valence-electron chi connectivity index (χ3n) is 3.33. The zero-order valence-corrected chi connectivity index (χ0v) is 12.1. The number of nitrogens with two attached hydrogens (primary N) is 1. The average Bonchev–Trinajstić information content (AvgIpc) is 2.53. The average molecular weight is 279 g/mol. The summed E-state index contributed by atoms with van der Waals surface area (Å²) in [6.45, 7) is 0.480. The first-order chi connectivity index (χ1) is 10.3. The van der Waals surface area contributed by atoms with Gasteiger partial charge in [-0.1, -0.05) is 54.3 Å². The van der Waals surface area contributed by atoms with Crippen LogP contribution in [0, 0.1) is 11.8 Å². The lowest BCUT2D eigenvalue weighted by Gasteiger charge is -2.09. The molecule has 0 saturated carbocycles. The van der Waals surface area contributed by atoms with Crippen LogP contribution in [0.5, 0.6) is 0 Å². The van der Waals surface area contributed by atoms with Gasteiger partial charge in [0.05, 0.1) is 6.10 Å². The van der Waals surface area contributed by atoms with E-state index in [0.717, 1.165) is 24.0 Å². The number of aliphatic hydroxyl groups excluding tert-OH is 1. The quantitative estimate of drug-likeness (QED) is 0.826. The second-order valence-corrected chi connectivity index (χ2v) is 5.01. The Labute approximate surface area is 126 Å². The number of aryl methyl sites for hydroxylation is 1. The molecular formula is C19H21NO. The van der Waals surface area contributed by atoms with E-state index in [9.17, 15) is 5.11 Å². The summed E-state index contributed by atoms with van der Waals surface area (Å²) in [5.74, 6) is 6.35. The van der Waals surface area contributed by atoms with Crippen molar-refractivity contribution in [1.82, 2.24) is 0 Å². The zero-order chi connectivity index (χ0) is 14.9. The third-order valence-corrected chi connectivity index (χ3v) is 3.33. The highest BCUT2D eigenvalue weighted by atomic mass is 16.3. The molecule has 2 nitrogen and oxygen atoms in total. The lowest BCUT2D eigenvalue weighted by molar-refractivity contribution is 0.170. The molecule has 2 aromatic rings. The van der Waals surface area contributed by atoms with E-state index in [1.807, 2.05) is 42.5 Å². The lowest BCUT2D eigenvalue weighted by atomic mass is 10.0. The fourth-order valence-corrected chi connectivity index (χ4v) is 2.16. The Morgan fingerprint density at radius 3 is 2.62 bits per heavy atom. The first-order valence-electron chi connectivity index (χ1n) is 7.30. The minimum absolute atomic E-state index is 0.480. The topological polar surface area (TPSA) is 46.2 Å². The van der Waals surface area contributed by atoms with Crippen LogP contribution in [0.25, 0.3) is 0 Å². The second-order valence-electron chi connectivity index (χ2n) is 5.01. The molecule has 2 aromatic carbocycles. The fourth-order valence-electron chi connectivity index (χ4n) is 2.16. The Morgan fingerprint density at radius 2 is 1.86 bits per heavy atom. The molecule has 3 N–H and O–H groups in total. The SMILES string of the molecule is NCCC(O)c1cccc(C#CCCc2ccccc2)c1. The van der Waals surface area contributed by atoms with Crippen LogP contribution in [-0.2, 0) is 6.42 Å². The summed E-state index contributed by atoms with van der Waals surface area (Å²) >= 11 is 0. The monoisotopic (exact) mass is 279 g/mol. The molecule has 0 aromatic heterocycles. The van der Waals surface area contributed by atoms with E-state index in [1.54, 1.807) is 0 Å². The van der Waals surface area contributed by atoms with E-state index < -0.39 is 6.10 Å². The van der Waals surface area contributed by atoms with Crippen LogP contribution in [0.1, 0.15) is 35.6 Å². The molecule has 0 bridgehead atoms. The van der Waals surface area contributed by atoms with Gasteiger partial charge in [0.2, 0.25) is 0 Å². The van der Waals surface area contributed by atoms with Crippen LogP contribution in [-0.4, -0.2) is 11.7 Å². The lowest BCUT2D eigenvalue weighted by Crippen LogP contribution is -2.06. The third kappa shape index (κ3) is 5.07. The molecule has 0 aliphatic rings. The van der Waals surface area contributed by atoms with E-state index in [-0.39, 0.29) is 0 Å². The van der Waals surface area contributed by atoms with Crippen LogP contribution < -0.4 is 5.73 Å². The summed E-state index contributed by atoms with van der Waals surface area (Å²) in [5.41, 5.74) is 8.60. The first-order valence-corrected chi connectivity index (χ1v) is 7.30. The van der Waals surface area contributed by atoms with Gasteiger partial charge < -0.3 is 10.8 Å². The summed E-state index contributed by atoms with van der Waals surface area (Å²) in [4.78, 5) is 0. The van der Waals surface area contributed by atoms with Gasteiger partial charge in [-0.2, -0.15) is 0 Å². The van der Waals surface area contributed by atoms with Crippen molar-refractivity contribution < 1.29 is 5.11 Å². The molecule has 21 heavy (non-hydrogen) atoms. The van der Waals surface area contributed by atoms with Gasteiger partial charge in [0.1, 0.15) is 0 Å². The Balaban J connectivity index is 1.94. The highest BCUT2D eigenvalue weighted by Crippen LogP contribution is 2.16. The zero-order valence-electron chi connectivity index (χ0n) is 12.1. The molecule has 0 fully saturated rings. The molecule has 2 rings (SSSR count). The molecule has 0 radical (unpaired) electrons. The predicted molar refractivity (Wildman–Crippen MR) is 86.7 cm³/mol. The molecule has 1 atom stereocenters. The van der Waals surface area contributed by atoms with E-state index in [0.29, 0.717) is 13.0 Å². The van der Waals surface area contributed by atoms with Crippen molar-refractivity contribution in [1.29, 1.82) is 0 Å². The summed E-state index contributed by atoms with van der Waals surface area (Å²) < 4.78 is 0. The van der Waals surface area contributed by atoms with Gasteiger partial charge in [-0.05, 0) is 42.6 Å². The van der Waals surface area contributed by atoms with E-state index in [2.05, 4.69) is 24.0 Å². The highest BCUT2D eigenvalue weighted by Gasteiger charge is 2.05. The molecule has 0 aliphatic heterocycles. The molecule has 0 spiro atoms. The Bertz CT molecular complexity index is 610. The van der Waals surface area contributed by atoms with Crippen LogP contribution in [0.15, 0.2) is 54.6 Å². The largest absolute Gasteiger partial charge is 0.388 e. The van der Waals surface area contributed by atoms with Crippen molar-refractivity contribution >= 4 is 0 Å². The minimum atomic E-state index is -0.499. The normalized spacial score (nSPS) is 11.5. The fraction of sp³-hybridized carbons (Fsp3) is 0.263. The summed E-state index contributed by atoms with van der Waals surface area (Å²) in [5, 5.41) is 9.94. The highest BCUT2D eigenvalue weighted by molar-refractivity contribution is 5.38. The van der Waals surface area contributed by atoms with Crippen molar-refractivity contribution in [3.63, 3.8) is 0 Å². The van der Waals surface area contributed by atoms with Crippen molar-refractivity contribution in [2.75, 3.05) is 6.54 Å². The molecule has 0 heterocycles. The molecule has 0 amide bonds. The smallest absolute Gasteiger partial charge is 0.0802 e. The van der Waals surface area contributed by atoms with E-state index >= 15 is 0 Å². The van der Waals surface area contributed by atoms with Crippen molar-refractivity contribution in [2.24, 2.45) is 5.73 Å². The number of rotatable bonds is 5. The Kier molecular flexibility index (Phi) is 6.02. The van der Waals surface area contributed by atoms with Gasteiger partial charge in [0.25, 0.3) is 0 Å². The molecule has 0 aliphatic carbocycles. The maximum absolute atomic E-state index is 9.94. The van der Waals surface area contributed by atoms with Gasteiger partial charge in [0.15, 0.2) is 0 Å². The maximum atomic E-state index is 9.94. The van der Waals surface area contributed by atoms with E-state index in [4.69, 9.17) is 5.73 Å². The van der Waals surface area contributed by atoms with Crippen molar-refractivity contribution in [3.05, 3.63) is 71.3 Å².